The Bertz CT molecular complexity index is 957. The average Bonchev–Trinajstić information content (AvgIpc) is 3.35. The maximum atomic E-state index is 9.54. The van der Waals surface area contributed by atoms with Gasteiger partial charge in [-0.05, 0) is 12.1 Å². The van der Waals surface area contributed by atoms with Crippen LogP contribution in [0, 0.1) is 0 Å². The zero-order chi connectivity index (χ0) is 21.0. The van der Waals surface area contributed by atoms with Gasteiger partial charge in [0.05, 0.1) is 54.2 Å². The third kappa shape index (κ3) is 3.70. The molecule has 0 aliphatic rings. The molecule has 29 heavy (non-hydrogen) atoms. The SMILES string of the molecule is COc1cc(-c2c(-c3scc(OC)c3OC)ncn2CCO)cc(OC)c1OC. The highest BCUT2D eigenvalue weighted by Gasteiger charge is 2.24. The largest absolute Gasteiger partial charge is 0.493 e. The second kappa shape index (κ2) is 9.06. The van der Waals surface area contributed by atoms with E-state index in [-0.39, 0.29) is 6.61 Å². The number of methoxy groups -OCH3 is 5. The maximum Gasteiger partial charge on any atom is 0.203 e. The number of hydrogen-bond acceptors (Lipinski definition) is 8. The molecule has 3 rings (SSSR count). The lowest BCUT2D eigenvalue weighted by Gasteiger charge is -2.16. The molecule has 0 saturated heterocycles. The molecule has 3 aromatic rings. The van der Waals surface area contributed by atoms with Gasteiger partial charge < -0.3 is 33.4 Å². The van der Waals surface area contributed by atoms with Gasteiger partial charge in [-0.3, -0.25) is 0 Å². The minimum atomic E-state index is -0.0296. The zero-order valence-corrected chi connectivity index (χ0v) is 17.8. The van der Waals surface area contributed by atoms with Gasteiger partial charge in [0, 0.05) is 17.5 Å². The number of aromatic nitrogens is 2. The van der Waals surface area contributed by atoms with Crippen molar-refractivity contribution >= 4 is 11.3 Å². The molecule has 0 saturated carbocycles. The van der Waals surface area contributed by atoms with E-state index in [2.05, 4.69) is 4.98 Å². The number of hydrogen-bond donors (Lipinski definition) is 1. The van der Waals surface area contributed by atoms with Crippen molar-refractivity contribution in [1.29, 1.82) is 0 Å². The Morgan fingerprint density at radius 2 is 1.52 bits per heavy atom. The molecule has 1 aromatic carbocycles. The summed E-state index contributed by atoms with van der Waals surface area (Å²) in [6.45, 7) is 0.349. The molecule has 0 bridgehead atoms. The van der Waals surface area contributed by atoms with Gasteiger partial charge in [-0.1, -0.05) is 0 Å². The number of rotatable bonds is 9. The molecule has 0 unspecified atom stereocenters. The highest BCUT2D eigenvalue weighted by Crippen LogP contribution is 2.48. The second-order valence-electron chi connectivity index (χ2n) is 5.94. The van der Waals surface area contributed by atoms with Gasteiger partial charge in [-0.15, -0.1) is 11.3 Å². The highest BCUT2D eigenvalue weighted by molar-refractivity contribution is 7.14. The fourth-order valence-electron chi connectivity index (χ4n) is 3.17. The van der Waals surface area contributed by atoms with Crippen LogP contribution in [0.25, 0.3) is 21.8 Å². The molecule has 0 atom stereocenters. The number of benzene rings is 1. The number of thiophene rings is 1. The lowest BCUT2D eigenvalue weighted by atomic mass is 10.1. The van der Waals surface area contributed by atoms with Gasteiger partial charge in [-0.2, -0.15) is 0 Å². The maximum absolute atomic E-state index is 9.54. The summed E-state index contributed by atoms with van der Waals surface area (Å²) in [4.78, 5) is 5.43. The van der Waals surface area contributed by atoms with Gasteiger partial charge >= 0.3 is 0 Å². The average molecular weight is 420 g/mol. The van der Waals surface area contributed by atoms with Crippen LogP contribution in [-0.2, 0) is 6.54 Å². The Labute approximate surface area is 173 Å². The summed E-state index contributed by atoms with van der Waals surface area (Å²) in [6.07, 6.45) is 1.69. The molecule has 0 aliphatic heterocycles. The van der Waals surface area contributed by atoms with E-state index in [4.69, 9.17) is 23.7 Å². The lowest BCUT2D eigenvalue weighted by Crippen LogP contribution is -2.04. The van der Waals surface area contributed by atoms with Gasteiger partial charge in [0.2, 0.25) is 5.75 Å². The first-order chi connectivity index (χ1) is 14.1. The van der Waals surface area contributed by atoms with Crippen molar-refractivity contribution < 1.29 is 28.8 Å². The first-order valence-corrected chi connectivity index (χ1v) is 9.67. The van der Waals surface area contributed by atoms with Gasteiger partial charge in [-0.25, -0.2) is 4.98 Å². The van der Waals surface area contributed by atoms with E-state index < -0.39 is 0 Å². The summed E-state index contributed by atoms with van der Waals surface area (Å²) < 4.78 is 29.3. The molecule has 2 aromatic heterocycles. The first kappa shape index (κ1) is 20.8. The normalized spacial score (nSPS) is 10.7. The Balaban J connectivity index is 2.27. The molecule has 156 valence electrons. The topological polar surface area (TPSA) is 84.2 Å². The molecule has 9 heteroatoms. The fraction of sp³-hybridized carbons (Fsp3) is 0.350. The summed E-state index contributed by atoms with van der Waals surface area (Å²) >= 11 is 1.47. The molecule has 8 nitrogen and oxygen atoms in total. The van der Waals surface area contributed by atoms with Gasteiger partial charge in [0.15, 0.2) is 23.0 Å². The van der Waals surface area contributed by atoms with E-state index in [0.717, 1.165) is 16.1 Å². The summed E-state index contributed by atoms with van der Waals surface area (Å²) in [6, 6.07) is 3.71. The van der Waals surface area contributed by atoms with Crippen LogP contribution in [0.3, 0.4) is 0 Å². The van der Waals surface area contributed by atoms with Crippen LogP contribution in [0.4, 0.5) is 0 Å². The van der Waals surface area contributed by atoms with Crippen LogP contribution in [0.1, 0.15) is 0 Å². The van der Waals surface area contributed by atoms with Crippen molar-refractivity contribution in [3.63, 3.8) is 0 Å². The minimum absolute atomic E-state index is 0.0296. The highest BCUT2D eigenvalue weighted by atomic mass is 32.1. The molecule has 0 radical (unpaired) electrons. The summed E-state index contributed by atoms with van der Waals surface area (Å²) in [7, 11) is 7.89. The van der Waals surface area contributed by atoms with Gasteiger partial charge in [0.25, 0.3) is 0 Å². The molecule has 1 N–H and O–H groups in total. The van der Waals surface area contributed by atoms with Crippen molar-refractivity contribution in [1.82, 2.24) is 9.55 Å². The third-order valence-corrected chi connectivity index (χ3v) is 5.42. The summed E-state index contributed by atoms with van der Waals surface area (Å²) in [5.41, 5.74) is 2.30. The quantitative estimate of drug-likeness (QED) is 0.568. The van der Waals surface area contributed by atoms with Crippen LogP contribution < -0.4 is 23.7 Å². The van der Waals surface area contributed by atoms with E-state index in [1.165, 1.54) is 11.3 Å². The minimum Gasteiger partial charge on any atom is -0.493 e. The van der Waals surface area contributed by atoms with E-state index >= 15 is 0 Å². The number of nitrogens with zero attached hydrogens (tertiary/aromatic N) is 2. The lowest BCUT2D eigenvalue weighted by molar-refractivity contribution is 0.276. The third-order valence-electron chi connectivity index (χ3n) is 4.47. The van der Waals surface area contributed by atoms with Crippen molar-refractivity contribution in [2.75, 3.05) is 42.2 Å². The first-order valence-electron chi connectivity index (χ1n) is 8.79. The van der Waals surface area contributed by atoms with Crippen molar-refractivity contribution in [2.24, 2.45) is 0 Å². The zero-order valence-electron chi connectivity index (χ0n) is 17.0. The monoisotopic (exact) mass is 420 g/mol. The summed E-state index contributed by atoms with van der Waals surface area (Å²) in [5.74, 6) is 2.81. The van der Waals surface area contributed by atoms with Crippen molar-refractivity contribution in [2.45, 2.75) is 6.54 Å². The molecule has 2 heterocycles. The van der Waals surface area contributed by atoms with Crippen molar-refractivity contribution in [3.8, 4) is 50.6 Å². The van der Waals surface area contributed by atoms with E-state index in [0.29, 0.717) is 41.0 Å². The molecular weight excluding hydrogens is 396 g/mol. The smallest absolute Gasteiger partial charge is 0.203 e. The Hall–Kier alpha value is -2.91. The number of aliphatic hydroxyl groups excluding tert-OH is 1. The van der Waals surface area contributed by atoms with E-state index in [1.54, 1.807) is 41.9 Å². The molecule has 0 fully saturated rings. The summed E-state index contributed by atoms with van der Waals surface area (Å²) in [5, 5.41) is 11.4. The molecule has 0 spiro atoms. The van der Waals surface area contributed by atoms with Gasteiger partial charge in [0.1, 0.15) is 10.6 Å². The molecular formula is C20H24N2O6S. The number of imidazole rings is 1. The standard InChI is InChI=1S/C20H24N2O6S/c1-24-13-8-12(9-14(25-2)18(13)27-4)17-16(21-11-22(17)6-7-23)20-19(28-5)15(26-3)10-29-20/h8-11,23H,6-7H2,1-5H3. The van der Waals surface area contributed by atoms with E-state index in [1.807, 2.05) is 22.1 Å². The van der Waals surface area contributed by atoms with E-state index in [9.17, 15) is 5.11 Å². The Morgan fingerprint density at radius 3 is 2.03 bits per heavy atom. The predicted molar refractivity (Wildman–Crippen MR) is 111 cm³/mol. The molecule has 0 aliphatic carbocycles. The van der Waals surface area contributed by atoms with Crippen LogP contribution in [0.2, 0.25) is 0 Å². The van der Waals surface area contributed by atoms with Crippen LogP contribution >= 0.6 is 11.3 Å². The second-order valence-corrected chi connectivity index (χ2v) is 6.82. The van der Waals surface area contributed by atoms with Crippen LogP contribution in [0.15, 0.2) is 23.8 Å². The van der Waals surface area contributed by atoms with Crippen molar-refractivity contribution in [3.05, 3.63) is 23.8 Å². The Kier molecular flexibility index (Phi) is 6.50. The number of aliphatic hydroxyl groups is 1. The van der Waals surface area contributed by atoms with Crippen LogP contribution in [-0.4, -0.2) is 56.8 Å². The fourth-order valence-corrected chi connectivity index (χ4v) is 4.16. The van der Waals surface area contributed by atoms with Crippen LogP contribution in [0.5, 0.6) is 28.7 Å². The molecule has 0 amide bonds. The predicted octanol–water partition coefficient (Wildman–Crippen LogP) is 3.31. The Morgan fingerprint density at radius 1 is 0.897 bits per heavy atom. The number of ether oxygens (including phenoxy) is 5.